The number of H-pyrrole nitrogens is 1. The molecule has 36 heavy (non-hydrogen) atoms. The van der Waals surface area contributed by atoms with Crippen LogP contribution in [0.1, 0.15) is 15.9 Å². The highest BCUT2D eigenvalue weighted by Gasteiger charge is 2.11. The van der Waals surface area contributed by atoms with E-state index in [2.05, 4.69) is 20.6 Å². The van der Waals surface area contributed by atoms with Crippen molar-refractivity contribution in [1.29, 1.82) is 0 Å². The quantitative estimate of drug-likeness (QED) is 0.264. The Balaban J connectivity index is 0.00000148. The second-order valence-corrected chi connectivity index (χ2v) is 7.99. The molecule has 5 aromatic rings. The number of carbonyl (C=O) groups is 2. The van der Waals surface area contributed by atoms with Gasteiger partial charge in [-0.15, -0.1) is 0 Å². The molecular formula is C29H26N4O3. The number of benzene rings is 4. The van der Waals surface area contributed by atoms with Gasteiger partial charge in [0.25, 0.3) is 5.91 Å². The van der Waals surface area contributed by atoms with Gasteiger partial charge in [0.2, 0.25) is 0 Å². The van der Waals surface area contributed by atoms with Gasteiger partial charge in [0.1, 0.15) is 18.4 Å². The van der Waals surface area contributed by atoms with Crippen molar-refractivity contribution in [2.75, 3.05) is 17.7 Å². The first-order valence-electron chi connectivity index (χ1n) is 11.3. The molecule has 1 amide bonds. The fourth-order valence-corrected chi connectivity index (χ4v) is 3.80. The zero-order valence-corrected chi connectivity index (χ0v) is 20.0. The number of nitrogens with one attached hydrogen (secondary N) is 3. The minimum atomic E-state index is -0.181. The molecule has 0 fully saturated rings. The fourth-order valence-electron chi connectivity index (χ4n) is 3.80. The third kappa shape index (κ3) is 5.26. The summed E-state index contributed by atoms with van der Waals surface area (Å²) in [6, 6.07) is 28.8. The molecule has 0 aliphatic carbocycles. The highest BCUT2D eigenvalue weighted by Crippen LogP contribution is 2.29. The minimum Gasteiger partial charge on any atom is -0.495 e. The molecule has 0 aliphatic heterocycles. The average Bonchev–Trinajstić information content (AvgIpc) is 3.36. The Labute approximate surface area is 209 Å². The van der Waals surface area contributed by atoms with Crippen molar-refractivity contribution < 1.29 is 14.3 Å². The van der Waals surface area contributed by atoms with Gasteiger partial charge in [0.15, 0.2) is 0 Å². The topological polar surface area (TPSA) is 96.1 Å². The number of carbonyl (C=O) groups excluding carboxylic acids is 2. The van der Waals surface area contributed by atoms with Gasteiger partial charge in [-0.2, -0.15) is 0 Å². The van der Waals surface area contributed by atoms with Crippen molar-refractivity contribution in [2.45, 2.75) is 6.92 Å². The molecule has 0 unspecified atom stereocenters. The Kier molecular flexibility index (Phi) is 7.41. The SMILES string of the molecule is C=O.COc1ccccc1Nc1cc(C(=O)Nc2ccc(-c3nc4ccccc4[nH]3)cc2)ccc1C. The summed E-state index contributed by atoms with van der Waals surface area (Å²) < 4.78 is 5.42. The summed E-state index contributed by atoms with van der Waals surface area (Å²) in [5, 5.41) is 6.35. The summed E-state index contributed by atoms with van der Waals surface area (Å²) >= 11 is 0. The minimum absolute atomic E-state index is 0.181. The number of anilines is 3. The maximum Gasteiger partial charge on any atom is 0.255 e. The van der Waals surface area contributed by atoms with Crippen molar-refractivity contribution in [1.82, 2.24) is 9.97 Å². The van der Waals surface area contributed by atoms with Crippen molar-refractivity contribution in [3.63, 3.8) is 0 Å². The van der Waals surface area contributed by atoms with Crippen LogP contribution < -0.4 is 15.4 Å². The number of nitrogens with zero attached hydrogens (tertiary/aromatic N) is 1. The smallest absolute Gasteiger partial charge is 0.255 e. The van der Waals surface area contributed by atoms with Crippen LogP contribution in [0, 0.1) is 6.92 Å². The van der Waals surface area contributed by atoms with Gasteiger partial charge in [-0.3, -0.25) is 4.79 Å². The Morgan fingerprint density at radius 2 is 1.61 bits per heavy atom. The molecule has 3 N–H and O–H groups in total. The van der Waals surface area contributed by atoms with E-state index in [0.717, 1.165) is 45.1 Å². The van der Waals surface area contributed by atoms with Crippen molar-refractivity contribution >= 4 is 40.8 Å². The molecule has 4 aromatic carbocycles. The van der Waals surface area contributed by atoms with Crippen LogP contribution in [0.2, 0.25) is 0 Å². The van der Waals surface area contributed by atoms with Crippen LogP contribution in [0.15, 0.2) is 91.0 Å². The summed E-state index contributed by atoms with van der Waals surface area (Å²) in [4.78, 5) is 28.9. The standard InChI is InChI=1S/C28H24N4O2.CH2O/c1-18-11-12-20(17-25(18)30-24-9-5-6-10-26(24)34-2)28(33)29-21-15-13-19(14-16-21)27-31-22-7-3-4-8-23(22)32-27;1-2/h3-17,30H,1-2H3,(H,29,33)(H,31,32);1H2. The fraction of sp³-hybridized carbons (Fsp3) is 0.0690. The lowest BCUT2D eigenvalue weighted by Crippen LogP contribution is -2.12. The van der Waals surface area contributed by atoms with Gasteiger partial charge in [-0.25, -0.2) is 4.98 Å². The van der Waals surface area contributed by atoms with Crippen LogP contribution in [0.5, 0.6) is 5.75 Å². The second-order valence-electron chi connectivity index (χ2n) is 7.99. The van der Waals surface area contributed by atoms with E-state index in [0.29, 0.717) is 11.3 Å². The number of aromatic nitrogens is 2. The van der Waals surface area contributed by atoms with E-state index in [1.807, 2.05) is 105 Å². The molecule has 0 bridgehead atoms. The van der Waals surface area contributed by atoms with Crippen LogP contribution in [0.25, 0.3) is 22.4 Å². The zero-order valence-electron chi connectivity index (χ0n) is 20.0. The number of hydrogen-bond acceptors (Lipinski definition) is 5. The lowest BCUT2D eigenvalue weighted by molar-refractivity contribution is -0.0980. The highest BCUT2D eigenvalue weighted by molar-refractivity contribution is 6.05. The van der Waals surface area contributed by atoms with E-state index >= 15 is 0 Å². The molecule has 0 spiro atoms. The number of ether oxygens (including phenoxy) is 1. The molecule has 0 radical (unpaired) electrons. The summed E-state index contributed by atoms with van der Waals surface area (Å²) in [7, 11) is 1.64. The first-order chi connectivity index (χ1) is 17.6. The van der Waals surface area contributed by atoms with E-state index in [9.17, 15) is 4.79 Å². The maximum absolute atomic E-state index is 12.9. The molecular weight excluding hydrogens is 452 g/mol. The molecule has 7 nitrogen and oxygen atoms in total. The summed E-state index contributed by atoms with van der Waals surface area (Å²) in [6.07, 6.45) is 0. The van der Waals surface area contributed by atoms with Gasteiger partial charge in [-0.1, -0.05) is 30.3 Å². The number of hydrogen-bond donors (Lipinski definition) is 3. The monoisotopic (exact) mass is 478 g/mol. The van der Waals surface area contributed by atoms with Crippen LogP contribution in [0.4, 0.5) is 17.1 Å². The average molecular weight is 479 g/mol. The van der Waals surface area contributed by atoms with Gasteiger partial charge < -0.3 is 25.1 Å². The van der Waals surface area contributed by atoms with E-state index < -0.39 is 0 Å². The van der Waals surface area contributed by atoms with E-state index in [4.69, 9.17) is 9.53 Å². The number of para-hydroxylation sites is 4. The highest BCUT2D eigenvalue weighted by atomic mass is 16.5. The van der Waals surface area contributed by atoms with Crippen LogP contribution in [0.3, 0.4) is 0 Å². The van der Waals surface area contributed by atoms with Gasteiger partial charge in [0.05, 0.1) is 23.8 Å². The number of fused-ring (bicyclic) bond motifs is 1. The molecule has 1 aromatic heterocycles. The van der Waals surface area contributed by atoms with Gasteiger partial charge >= 0.3 is 0 Å². The number of methoxy groups -OCH3 is 1. The normalized spacial score (nSPS) is 10.3. The Bertz CT molecular complexity index is 1460. The molecule has 0 atom stereocenters. The Morgan fingerprint density at radius 1 is 0.889 bits per heavy atom. The largest absolute Gasteiger partial charge is 0.495 e. The Hall–Kier alpha value is -4.91. The van der Waals surface area contributed by atoms with Crippen molar-refractivity contribution in [3.05, 3.63) is 102 Å². The molecule has 7 heteroatoms. The first-order valence-corrected chi connectivity index (χ1v) is 11.3. The van der Waals surface area contributed by atoms with Crippen LogP contribution in [-0.4, -0.2) is 29.8 Å². The van der Waals surface area contributed by atoms with E-state index in [1.54, 1.807) is 7.11 Å². The lowest BCUT2D eigenvalue weighted by Gasteiger charge is -2.14. The van der Waals surface area contributed by atoms with Crippen molar-refractivity contribution in [3.8, 4) is 17.1 Å². The van der Waals surface area contributed by atoms with E-state index in [1.165, 1.54) is 0 Å². The zero-order chi connectivity index (χ0) is 25.5. The van der Waals surface area contributed by atoms with Gasteiger partial charge in [0, 0.05) is 22.5 Å². The second kappa shape index (κ2) is 11.0. The maximum atomic E-state index is 12.9. The summed E-state index contributed by atoms with van der Waals surface area (Å²) in [5.41, 5.74) is 6.85. The molecule has 0 saturated heterocycles. The van der Waals surface area contributed by atoms with Crippen molar-refractivity contribution in [2.24, 2.45) is 0 Å². The number of aryl methyl sites for hydroxylation is 1. The van der Waals surface area contributed by atoms with Gasteiger partial charge in [-0.05, 0) is 73.2 Å². The third-order valence-corrected chi connectivity index (χ3v) is 5.68. The van der Waals surface area contributed by atoms with Crippen LogP contribution in [-0.2, 0) is 4.79 Å². The van der Waals surface area contributed by atoms with Crippen LogP contribution >= 0.6 is 0 Å². The molecule has 180 valence electrons. The number of imidazole rings is 1. The summed E-state index contributed by atoms with van der Waals surface area (Å²) in [5.74, 6) is 1.35. The number of rotatable bonds is 6. The third-order valence-electron chi connectivity index (χ3n) is 5.68. The van der Waals surface area contributed by atoms with E-state index in [-0.39, 0.29) is 5.91 Å². The Morgan fingerprint density at radius 3 is 2.36 bits per heavy atom. The predicted octanol–water partition coefficient (Wildman–Crippen LogP) is 6.36. The molecule has 1 heterocycles. The summed E-state index contributed by atoms with van der Waals surface area (Å²) in [6.45, 7) is 4.00. The molecule has 0 aliphatic rings. The number of aromatic amines is 1. The number of amides is 1. The predicted molar refractivity (Wildman–Crippen MR) is 144 cm³/mol. The lowest BCUT2D eigenvalue weighted by atomic mass is 10.1. The first kappa shape index (κ1) is 24.2. The molecule has 0 saturated carbocycles. The molecule has 5 rings (SSSR count).